The molecule has 0 saturated heterocycles. The van der Waals surface area contributed by atoms with Crippen molar-refractivity contribution in [3.05, 3.63) is 32.1 Å². The monoisotopic (exact) mass is 460 g/mol. The summed E-state index contributed by atoms with van der Waals surface area (Å²) in [6, 6.07) is 0. The van der Waals surface area contributed by atoms with Gasteiger partial charge in [-0.1, -0.05) is 98.1 Å². The minimum Gasteiger partial charge on any atom is -0.528 e. The smallest absolute Gasteiger partial charge is 0.130 e. The Hall–Kier alpha value is 0.244. The third-order valence-corrected chi connectivity index (χ3v) is 5.91. The number of aliphatic hydroxyl groups is 1. The van der Waals surface area contributed by atoms with E-state index in [2.05, 4.69) is 40.7 Å². The van der Waals surface area contributed by atoms with Crippen molar-refractivity contribution in [1.82, 2.24) is 0 Å². The first-order chi connectivity index (χ1) is 13.0. The van der Waals surface area contributed by atoms with Gasteiger partial charge in [0.15, 0.2) is 0 Å². The van der Waals surface area contributed by atoms with Crippen molar-refractivity contribution in [3.63, 3.8) is 0 Å². The zero-order valence-corrected chi connectivity index (χ0v) is 21.9. The van der Waals surface area contributed by atoms with Crippen molar-refractivity contribution in [2.45, 2.75) is 119 Å². The molecule has 0 aromatic carbocycles. The Kier molecular flexibility index (Phi) is 20.6. The van der Waals surface area contributed by atoms with E-state index in [1.165, 1.54) is 56.9 Å². The van der Waals surface area contributed by atoms with Crippen LogP contribution in [0.4, 0.5) is 0 Å². The second-order valence-corrected chi connectivity index (χ2v) is 9.45. The van der Waals surface area contributed by atoms with Gasteiger partial charge >= 0.3 is 0 Å². The molecule has 0 aromatic heterocycles. The average Bonchev–Trinajstić information content (AvgIpc) is 2.98. The van der Waals surface area contributed by atoms with E-state index in [4.69, 9.17) is 4.74 Å². The molecule has 0 aliphatic heterocycles. The third-order valence-electron chi connectivity index (χ3n) is 5.91. The predicted molar refractivity (Wildman–Crippen MR) is 130 cm³/mol. The van der Waals surface area contributed by atoms with Crippen LogP contribution in [0.1, 0.15) is 114 Å². The number of allylic oxidation sites excluding steroid dienone is 1. The molecule has 0 amide bonds. The minimum atomic E-state index is -1.08. The van der Waals surface area contributed by atoms with E-state index < -0.39 is 5.79 Å². The molecule has 0 heterocycles. The van der Waals surface area contributed by atoms with E-state index in [9.17, 15) is 5.11 Å². The van der Waals surface area contributed by atoms with Gasteiger partial charge in [0.05, 0.1) is 0 Å². The van der Waals surface area contributed by atoms with E-state index in [0.29, 0.717) is 23.2 Å². The Labute approximate surface area is 202 Å². The molecule has 1 fully saturated rings. The van der Waals surface area contributed by atoms with Crippen LogP contribution in [0, 0.1) is 43.1 Å². The molecule has 1 aliphatic carbocycles. The maximum absolute atomic E-state index is 9.77. The van der Waals surface area contributed by atoms with Crippen LogP contribution in [-0.2, 0) is 23.3 Å². The molecule has 4 atom stereocenters. The van der Waals surface area contributed by atoms with Gasteiger partial charge in [-0.2, -0.15) is 24.2 Å². The van der Waals surface area contributed by atoms with Crippen LogP contribution in [0.5, 0.6) is 0 Å². The number of ether oxygens (including phenoxy) is 1. The summed E-state index contributed by atoms with van der Waals surface area (Å²) < 4.78 is 5.46. The maximum atomic E-state index is 9.77. The Bertz CT molecular complexity index is 414. The van der Waals surface area contributed by atoms with E-state index in [1.807, 2.05) is 20.5 Å². The van der Waals surface area contributed by atoms with Gasteiger partial charge in [-0.3, -0.25) is 0 Å². The molecule has 1 radical (unpaired) electrons. The van der Waals surface area contributed by atoms with Crippen LogP contribution in [0.25, 0.3) is 0 Å². The van der Waals surface area contributed by atoms with Crippen molar-refractivity contribution in [2.24, 2.45) is 23.2 Å². The molecule has 181 valence electrons. The maximum Gasteiger partial charge on any atom is 0.130 e. The summed E-state index contributed by atoms with van der Waals surface area (Å²) >= 11 is 0. The summed E-state index contributed by atoms with van der Waals surface area (Å²) in [6.45, 7) is 24.3. The van der Waals surface area contributed by atoms with Crippen molar-refractivity contribution < 1.29 is 28.4 Å². The van der Waals surface area contributed by atoms with Crippen LogP contribution < -0.4 is 0 Å². The average molecular weight is 461 g/mol. The molecule has 0 spiro atoms. The summed E-state index contributed by atoms with van der Waals surface area (Å²) in [7, 11) is 0. The Morgan fingerprint density at radius 1 is 1.30 bits per heavy atom. The van der Waals surface area contributed by atoms with Crippen LogP contribution in [0.3, 0.4) is 0 Å². The van der Waals surface area contributed by atoms with Crippen molar-refractivity contribution in [2.75, 3.05) is 0 Å². The first kappa shape index (κ1) is 34.8. The summed E-state index contributed by atoms with van der Waals surface area (Å²) in [4.78, 5) is 0. The SMILES string of the molecule is C.C=C(C)C1CC[CH-]C1(C)CCC(C[CH-]OC(C)(C)O)CCCCC([CH2-])C.CC.[V]. The number of hydrogen-bond acceptors (Lipinski definition) is 2. The second kappa shape index (κ2) is 17.8. The van der Waals surface area contributed by atoms with Crippen LogP contribution in [0.15, 0.2) is 12.2 Å². The van der Waals surface area contributed by atoms with Crippen molar-refractivity contribution in [3.8, 4) is 0 Å². The van der Waals surface area contributed by atoms with E-state index >= 15 is 0 Å². The molecule has 0 bridgehead atoms. The number of hydrogen-bond donors (Lipinski definition) is 1. The topological polar surface area (TPSA) is 29.5 Å². The fraction of sp³-hybridized carbons (Fsp3) is 0.815. The third kappa shape index (κ3) is 15.1. The standard InChI is InChI=1S/C24H43O2.C2H6.CH4.V/c1-19(2)11-8-9-12-21(15-18-26-23(5,6)25)14-17-24(7)16-10-13-22(24)20(3)4;1-2;;/h16,18-19,21-22,25H,1,3,8-15,17H2,2,4-7H3;1-2H3;1H4;/q-3;;;. The molecule has 30 heavy (non-hydrogen) atoms. The van der Waals surface area contributed by atoms with Gasteiger partial charge in [0.1, 0.15) is 5.79 Å². The molecular formula is C27H53O2V-3. The van der Waals surface area contributed by atoms with Gasteiger partial charge in [0, 0.05) is 18.6 Å². The normalized spacial score (nSPS) is 22.8. The molecule has 1 aliphatic rings. The zero-order chi connectivity index (χ0) is 21.8. The van der Waals surface area contributed by atoms with E-state index in [1.54, 1.807) is 13.8 Å². The summed E-state index contributed by atoms with van der Waals surface area (Å²) in [5.41, 5.74) is 1.63. The molecule has 1 saturated carbocycles. The molecule has 1 rings (SSSR count). The number of unbranched alkanes of at least 4 members (excludes halogenated alkanes) is 1. The molecule has 1 N–H and O–H groups in total. The van der Waals surface area contributed by atoms with Gasteiger partial charge in [0.25, 0.3) is 0 Å². The summed E-state index contributed by atoms with van der Waals surface area (Å²) in [5.74, 6) is 0.715. The molecule has 2 nitrogen and oxygen atoms in total. The largest absolute Gasteiger partial charge is 0.528 e. The van der Waals surface area contributed by atoms with E-state index in [-0.39, 0.29) is 26.0 Å². The Morgan fingerprint density at radius 2 is 1.87 bits per heavy atom. The van der Waals surface area contributed by atoms with Gasteiger partial charge < -0.3 is 23.2 Å². The predicted octanol–water partition coefficient (Wildman–Crippen LogP) is 8.57. The zero-order valence-electron chi connectivity index (χ0n) is 20.5. The quantitative estimate of drug-likeness (QED) is 0.129. The minimum absolute atomic E-state index is 0. The summed E-state index contributed by atoms with van der Waals surface area (Å²) in [6.07, 6.45) is 13.3. The van der Waals surface area contributed by atoms with Crippen molar-refractivity contribution in [1.29, 1.82) is 0 Å². The Balaban J connectivity index is -0.00000176. The van der Waals surface area contributed by atoms with Crippen LogP contribution in [0.2, 0.25) is 0 Å². The fourth-order valence-corrected chi connectivity index (χ4v) is 4.35. The van der Waals surface area contributed by atoms with Crippen LogP contribution >= 0.6 is 0 Å². The molecule has 0 aromatic rings. The molecular weight excluding hydrogens is 407 g/mol. The van der Waals surface area contributed by atoms with Gasteiger partial charge in [0.2, 0.25) is 0 Å². The number of rotatable bonds is 13. The van der Waals surface area contributed by atoms with Gasteiger partial charge in [-0.15, -0.1) is 0 Å². The van der Waals surface area contributed by atoms with Gasteiger partial charge in [-0.25, -0.2) is 6.61 Å². The second-order valence-electron chi connectivity index (χ2n) is 9.45. The molecule has 4 unspecified atom stereocenters. The van der Waals surface area contributed by atoms with Crippen LogP contribution in [-0.4, -0.2) is 10.9 Å². The van der Waals surface area contributed by atoms with E-state index in [0.717, 1.165) is 6.42 Å². The first-order valence-corrected chi connectivity index (χ1v) is 11.6. The molecule has 3 heteroatoms. The van der Waals surface area contributed by atoms with Gasteiger partial charge in [-0.05, 0) is 26.7 Å². The Morgan fingerprint density at radius 3 is 2.37 bits per heavy atom. The van der Waals surface area contributed by atoms with Crippen molar-refractivity contribution >= 4 is 0 Å². The fourth-order valence-electron chi connectivity index (χ4n) is 4.35. The first-order valence-electron chi connectivity index (χ1n) is 11.6. The summed E-state index contributed by atoms with van der Waals surface area (Å²) in [5, 5.41) is 9.77.